The van der Waals surface area contributed by atoms with Crippen molar-refractivity contribution in [1.82, 2.24) is 15.3 Å². The molecule has 27 heavy (non-hydrogen) atoms. The van der Waals surface area contributed by atoms with Gasteiger partial charge in [0, 0.05) is 17.8 Å². The van der Waals surface area contributed by atoms with Crippen LogP contribution < -0.4 is 15.8 Å². The molecule has 140 valence electrons. The Morgan fingerprint density at radius 1 is 1.37 bits per heavy atom. The molecule has 9 heteroatoms. The minimum Gasteiger partial charge on any atom is -0.487 e. The summed E-state index contributed by atoms with van der Waals surface area (Å²) in [7, 11) is 0. The van der Waals surface area contributed by atoms with Gasteiger partial charge in [0.1, 0.15) is 29.7 Å². The number of hydrogen-bond acceptors (Lipinski definition) is 7. The summed E-state index contributed by atoms with van der Waals surface area (Å²) in [6.45, 7) is 1.25. The fraction of sp³-hybridized carbons (Fsp3) is 0.222. The summed E-state index contributed by atoms with van der Waals surface area (Å²) < 4.78 is 11.3. The number of aliphatic hydroxyl groups is 1. The summed E-state index contributed by atoms with van der Waals surface area (Å²) in [4.78, 5) is 31.9. The van der Waals surface area contributed by atoms with Crippen LogP contribution in [0, 0.1) is 6.92 Å². The molecule has 4 N–H and O–H groups in total. The van der Waals surface area contributed by atoms with Crippen LogP contribution in [0.1, 0.15) is 21.8 Å². The number of benzene rings is 1. The molecule has 9 nitrogen and oxygen atoms in total. The van der Waals surface area contributed by atoms with Gasteiger partial charge in [0.2, 0.25) is 5.91 Å². The van der Waals surface area contributed by atoms with Crippen molar-refractivity contribution in [2.45, 2.75) is 19.6 Å². The number of primary amides is 1. The Balaban J connectivity index is 1.86. The van der Waals surface area contributed by atoms with Crippen molar-refractivity contribution in [3.8, 4) is 5.75 Å². The highest BCUT2D eigenvalue weighted by atomic mass is 16.5. The van der Waals surface area contributed by atoms with Crippen molar-refractivity contribution in [3.05, 3.63) is 53.8 Å². The number of nitrogens with two attached hydrogens (primary N) is 1. The van der Waals surface area contributed by atoms with Gasteiger partial charge in [-0.2, -0.15) is 0 Å². The van der Waals surface area contributed by atoms with Gasteiger partial charge in [-0.15, -0.1) is 0 Å². The van der Waals surface area contributed by atoms with Gasteiger partial charge in [-0.1, -0.05) is 0 Å². The fourth-order valence-corrected chi connectivity index (χ4v) is 2.57. The van der Waals surface area contributed by atoms with Gasteiger partial charge in [0.05, 0.1) is 24.1 Å². The Labute approximate surface area is 154 Å². The highest BCUT2D eigenvalue weighted by Gasteiger charge is 2.23. The van der Waals surface area contributed by atoms with Crippen molar-refractivity contribution >= 4 is 22.8 Å². The summed E-state index contributed by atoms with van der Waals surface area (Å²) in [5.41, 5.74) is 6.54. The molecule has 0 bridgehead atoms. The number of ether oxygens (including phenoxy) is 1. The van der Waals surface area contributed by atoms with E-state index in [0.29, 0.717) is 28.2 Å². The lowest BCUT2D eigenvalue weighted by Gasteiger charge is -2.12. The van der Waals surface area contributed by atoms with Crippen LogP contribution in [0.25, 0.3) is 11.0 Å². The summed E-state index contributed by atoms with van der Waals surface area (Å²) in [5, 5.41) is 12.1. The highest BCUT2D eigenvalue weighted by Crippen LogP contribution is 2.29. The van der Waals surface area contributed by atoms with Crippen LogP contribution in [0.2, 0.25) is 0 Å². The maximum absolute atomic E-state index is 12.6. The van der Waals surface area contributed by atoms with E-state index >= 15 is 0 Å². The Kier molecular flexibility index (Phi) is 5.32. The van der Waals surface area contributed by atoms with Crippen LogP contribution in [0.5, 0.6) is 5.75 Å². The zero-order chi connectivity index (χ0) is 19.4. The molecule has 0 radical (unpaired) electrons. The third kappa shape index (κ3) is 4.04. The minimum absolute atomic E-state index is 0.214. The van der Waals surface area contributed by atoms with Gasteiger partial charge in [0.15, 0.2) is 0 Å². The molecule has 0 aliphatic rings. The molecule has 0 aliphatic carbocycles. The molecule has 2 amide bonds. The third-order valence-corrected chi connectivity index (χ3v) is 3.90. The zero-order valence-corrected chi connectivity index (χ0v) is 14.5. The largest absolute Gasteiger partial charge is 0.487 e. The molecule has 0 fully saturated rings. The number of aryl methyl sites for hydroxylation is 1. The molecule has 1 atom stereocenters. The van der Waals surface area contributed by atoms with Crippen LogP contribution in [0.15, 0.2) is 41.2 Å². The van der Waals surface area contributed by atoms with Crippen LogP contribution in [-0.2, 0) is 11.4 Å². The van der Waals surface area contributed by atoms with E-state index in [-0.39, 0.29) is 12.2 Å². The zero-order valence-electron chi connectivity index (χ0n) is 14.5. The van der Waals surface area contributed by atoms with E-state index in [0.717, 1.165) is 0 Å². The fourth-order valence-electron chi connectivity index (χ4n) is 2.57. The van der Waals surface area contributed by atoms with E-state index in [1.165, 1.54) is 0 Å². The van der Waals surface area contributed by atoms with E-state index in [4.69, 9.17) is 14.9 Å². The molecule has 0 aliphatic heterocycles. The summed E-state index contributed by atoms with van der Waals surface area (Å²) >= 11 is 0. The lowest BCUT2D eigenvalue weighted by Crippen LogP contribution is -2.46. The molecule has 0 saturated heterocycles. The van der Waals surface area contributed by atoms with E-state index in [1.807, 2.05) is 0 Å². The normalized spacial score (nSPS) is 11.9. The first kappa shape index (κ1) is 18.3. The Bertz CT molecular complexity index is 971. The molecule has 1 aromatic carbocycles. The quantitative estimate of drug-likeness (QED) is 0.555. The number of aliphatic hydroxyl groups excluding tert-OH is 1. The number of aromatic nitrogens is 2. The monoisotopic (exact) mass is 370 g/mol. The van der Waals surface area contributed by atoms with Gasteiger partial charge < -0.3 is 25.3 Å². The first-order chi connectivity index (χ1) is 13.0. The Hall–Kier alpha value is -3.46. The Morgan fingerprint density at radius 3 is 2.85 bits per heavy atom. The van der Waals surface area contributed by atoms with E-state index in [1.54, 1.807) is 43.7 Å². The van der Waals surface area contributed by atoms with E-state index in [2.05, 4.69) is 15.3 Å². The average molecular weight is 370 g/mol. The number of nitrogens with zero attached hydrogens (tertiary/aromatic N) is 2. The SMILES string of the molecule is Cc1oc2ccc(OCc3cnccn3)cc2c1C(=O)N[C@@H](CO)C(N)=O. The highest BCUT2D eigenvalue weighted by molar-refractivity contribution is 6.08. The molecular weight excluding hydrogens is 352 g/mol. The lowest BCUT2D eigenvalue weighted by atomic mass is 10.1. The number of hydrogen-bond donors (Lipinski definition) is 3. The molecule has 0 unspecified atom stereocenters. The van der Waals surface area contributed by atoms with Crippen molar-refractivity contribution in [1.29, 1.82) is 0 Å². The molecule has 3 rings (SSSR count). The first-order valence-electron chi connectivity index (χ1n) is 8.11. The number of carbonyl (C=O) groups is 2. The number of fused-ring (bicyclic) bond motifs is 1. The number of rotatable bonds is 7. The number of amides is 2. The molecular formula is C18H18N4O5. The molecule has 2 aromatic heterocycles. The average Bonchev–Trinajstić information content (AvgIpc) is 3.00. The topological polar surface area (TPSA) is 141 Å². The minimum atomic E-state index is -1.18. The van der Waals surface area contributed by atoms with Crippen molar-refractivity contribution in [3.63, 3.8) is 0 Å². The van der Waals surface area contributed by atoms with Gasteiger partial charge in [0.25, 0.3) is 5.91 Å². The number of nitrogens with one attached hydrogen (secondary N) is 1. The maximum atomic E-state index is 12.6. The second-order valence-corrected chi connectivity index (χ2v) is 5.79. The molecule has 0 spiro atoms. The second kappa shape index (κ2) is 7.83. The van der Waals surface area contributed by atoms with E-state index < -0.39 is 24.5 Å². The van der Waals surface area contributed by atoms with Gasteiger partial charge in [-0.25, -0.2) is 0 Å². The van der Waals surface area contributed by atoms with E-state index in [9.17, 15) is 14.7 Å². The summed E-state index contributed by atoms with van der Waals surface area (Å²) in [6, 6.07) is 3.87. The third-order valence-electron chi connectivity index (χ3n) is 3.90. The van der Waals surface area contributed by atoms with Gasteiger partial charge in [-0.3, -0.25) is 19.6 Å². The molecule has 0 saturated carbocycles. The van der Waals surface area contributed by atoms with Crippen molar-refractivity contribution in [2.24, 2.45) is 5.73 Å². The predicted octanol–water partition coefficient (Wildman–Crippen LogP) is 0.686. The number of carbonyl (C=O) groups excluding carboxylic acids is 2. The van der Waals surface area contributed by atoms with Crippen LogP contribution in [-0.4, -0.2) is 39.5 Å². The van der Waals surface area contributed by atoms with Crippen LogP contribution >= 0.6 is 0 Å². The lowest BCUT2D eigenvalue weighted by molar-refractivity contribution is -0.120. The van der Waals surface area contributed by atoms with Crippen molar-refractivity contribution in [2.75, 3.05) is 6.61 Å². The second-order valence-electron chi connectivity index (χ2n) is 5.79. The van der Waals surface area contributed by atoms with Gasteiger partial charge in [-0.05, 0) is 25.1 Å². The summed E-state index contributed by atoms with van der Waals surface area (Å²) in [5.74, 6) is -0.522. The van der Waals surface area contributed by atoms with Crippen LogP contribution in [0.3, 0.4) is 0 Å². The van der Waals surface area contributed by atoms with Crippen molar-refractivity contribution < 1.29 is 23.8 Å². The van der Waals surface area contributed by atoms with Crippen LogP contribution in [0.4, 0.5) is 0 Å². The smallest absolute Gasteiger partial charge is 0.256 e. The maximum Gasteiger partial charge on any atom is 0.256 e. The Morgan fingerprint density at radius 2 is 2.19 bits per heavy atom. The summed E-state index contributed by atoms with van der Waals surface area (Å²) in [6.07, 6.45) is 4.73. The van der Waals surface area contributed by atoms with Gasteiger partial charge >= 0.3 is 0 Å². The first-order valence-corrected chi connectivity index (χ1v) is 8.11. The number of furan rings is 1. The molecule has 2 heterocycles. The molecule has 3 aromatic rings. The standard InChI is InChI=1S/C18H18N4O5/c1-10-16(18(25)22-14(8-23)17(19)24)13-6-12(2-3-15(13)27-10)26-9-11-7-20-4-5-21-11/h2-7,14,23H,8-9H2,1H3,(H2,19,24)(H,22,25)/t14-/m0/s1. The predicted molar refractivity (Wildman–Crippen MR) is 94.8 cm³/mol.